The molecule has 0 radical (unpaired) electrons. The molecule has 2 heterocycles. The van der Waals surface area contributed by atoms with Gasteiger partial charge in [-0.05, 0) is 68.7 Å². The number of hydrogen-bond acceptors (Lipinski definition) is 5. The Morgan fingerprint density at radius 2 is 1.96 bits per heavy atom. The second-order valence-electron chi connectivity index (χ2n) is 7.56. The molecule has 1 atom stereocenters. The van der Waals surface area contributed by atoms with Gasteiger partial charge in [-0.15, -0.1) is 0 Å². The fourth-order valence-corrected chi connectivity index (χ4v) is 4.33. The summed E-state index contributed by atoms with van der Waals surface area (Å²) in [6, 6.07) is 2.86. The van der Waals surface area contributed by atoms with Gasteiger partial charge in [-0.1, -0.05) is 0 Å². The van der Waals surface area contributed by atoms with E-state index in [0.29, 0.717) is 42.7 Å². The second kappa shape index (κ2) is 7.30. The largest absolute Gasteiger partial charge is 0.483 e. The number of nitrogens with zero attached hydrogens (tertiary/aromatic N) is 1. The maximum Gasteiger partial charge on any atom is 0.339 e. The van der Waals surface area contributed by atoms with E-state index in [0.717, 1.165) is 35.8 Å². The Labute approximate surface area is 161 Å². The number of likely N-dealkylation sites (tertiary alicyclic amines) is 1. The van der Waals surface area contributed by atoms with Crippen molar-refractivity contribution in [3.63, 3.8) is 0 Å². The average molecular weight is 385 g/mol. The fraction of sp³-hybridized carbons (Fsp3) is 0.476. The lowest BCUT2D eigenvalue weighted by Crippen LogP contribution is -2.42. The monoisotopic (exact) mass is 385 g/mol. The molecule has 1 aliphatic heterocycles. The predicted octanol–water partition coefficient (Wildman–Crippen LogP) is 2.43. The third-order valence-corrected chi connectivity index (χ3v) is 5.64. The van der Waals surface area contributed by atoms with Gasteiger partial charge in [0.1, 0.15) is 17.4 Å². The van der Waals surface area contributed by atoms with Crippen molar-refractivity contribution in [3.05, 3.63) is 39.2 Å². The highest BCUT2D eigenvalue weighted by molar-refractivity contribution is 5.90. The van der Waals surface area contributed by atoms with Crippen molar-refractivity contribution in [1.29, 1.82) is 0 Å². The van der Waals surface area contributed by atoms with Gasteiger partial charge in [0.15, 0.2) is 6.61 Å². The molecule has 1 aromatic heterocycles. The van der Waals surface area contributed by atoms with E-state index in [1.165, 1.54) is 4.90 Å². The molecule has 1 amide bonds. The zero-order valence-electron chi connectivity index (χ0n) is 15.8. The summed E-state index contributed by atoms with van der Waals surface area (Å²) in [5.74, 6) is -0.815. The summed E-state index contributed by atoms with van der Waals surface area (Å²) in [6.07, 6.45) is 4.55. The van der Waals surface area contributed by atoms with Crippen LogP contribution in [0.3, 0.4) is 0 Å². The fourth-order valence-electron chi connectivity index (χ4n) is 4.33. The maximum absolute atomic E-state index is 12.6. The quantitative estimate of drug-likeness (QED) is 0.812. The summed E-state index contributed by atoms with van der Waals surface area (Å²) in [7, 11) is 0. The van der Waals surface area contributed by atoms with Crippen LogP contribution in [0.2, 0.25) is 0 Å². The van der Waals surface area contributed by atoms with Crippen molar-refractivity contribution >= 4 is 22.8 Å². The number of fused-ring (bicyclic) bond motifs is 3. The summed E-state index contributed by atoms with van der Waals surface area (Å²) in [5, 5.41) is 10.0. The van der Waals surface area contributed by atoms with Crippen LogP contribution in [0.5, 0.6) is 5.75 Å². The summed E-state index contributed by atoms with van der Waals surface area (Å²) in [5.41, 5.74) is 2.68. The van der Waals surface area contributed by atoms with Gasteiger partial charge in [0.2, 0.25) is 0 Å². The molecule has 1 fully saturated rings. The topological polar surface area (TPSA) is 97.0 Å². The number of aryl methyl sites for hydroxylation is 2. The minimum absolute atomic E-state index is 0.240. The molecule has 7 heteroatoms. The molecule has 1 aliphatic carbocycles. The van der Waals surface area contributed by atoms with Crippen LogP contribution in [0.4, 0.5) is 0 Å². The van der Waals surface area contributed by atoms with Crippen LogP contribution in [0.15, 0.2) is 21.3 Å². The molecule has 1 saturated heterocycles. The average Bonchev–Trinajstić information content (AvgIpc) is 3.16. The lowest BCUT2D eigenvalue weighted by Gasteiger charge is -2.22. The van der Waals surface area contributed by atoms with Gasteiger partial charge in [-0.25, -0.2) is 9.59 Å². The number of carboxylic acid groups (broad SMARTS) is 1. The van der Waals surface area contributed by atoms with Crippen LogP contribution in [0.25, 0.3) is 11.0 Å². The minimum Gasteiger partial charge on any atom is -0.483 e. The first kappa shape index (κ1) is 18.5. The van der Waals surface area contributed by atoms with Gasteiger partial charge in [-0.2, -0.15) is 0 Å². The van der Waals surface area contributed by atoms with E-state index in [1.54, 1.807) is 6.07 Å². The molecule has 0 saturated carbocycles. The highest BCUT2D eigenvalue weighted by Crippen LogP contribution is 2.34. The zero-order chi connectivity index (χ0) is 19.8. The minimum atomic E-state index is -0.984. The van der Waals surface area contributed by atoms with E-state index < -0.39 is 12.0 Å². The molecule has 4 rings (SSSR count). The van der Waals surface area contributed by atoms with Crippen molar-refractivity contribution in [1.82, 2.24) is 4.90 Å². The Kier molecular flexibility index (Phi) is 4.83. The standard InChI is InChI=1S/C21H23NO6/c1-12-9-16(27-11-18(23)22-8-4-7-15(22)20(24)25)19-13-5-2-3-6-14(13)21(26)28-17(19)10-12/h9-10,15H,2-8,11H2,1H3,(H,24,25)/t15-/m0/s1. The van der Waals surface area contributed by atoms with Gasteiger partial charge in [0.25, 0.3) is 5.91 Å². The Morgan fingerprint density at radius 1 is 1.21 bits per heavy atom. The first-order valence-corrected chi connectivity index (χ1v) is 9.70. The van der Waals surface area contributed by atoms with Gasteiger partial charge in [0.05, 0.1) is 5.39 Å². The number of carboxylic acids is 1. The van der Waals surface area contributed by atoms with Crippen molar-refractivity contribution in [2.24, 2.45) is 0 Å². The number of aliphatic carboxylic acids is 1. The number of carbonyl (C=O) groups excluding carboxylic acids is 1. The summed E-state index contributed by atoms with van der Waals surface area (Å²) in [6.45, 7) is 2.06. The first-order valence-electron chi connectivity index (χ1n) is 9.70. The molecule has 0 spiro atoms. The second-order valence-corrected chi connectivity index (χ2v) is 7.56. The molecule has 2 aromatic rings. The van der Waals surface area contributed by atoms with E-state index in [4.69, 9.17) is 9.15 Å². The molecule has 28 heavy (non-hydrogen) atoms. The van der Waals surface area contributed by atoms with E-state index >= 15 is 0 Å². The van der Waals surface area contributed by atoms with E-state index in [2.05, 4.69) is 0 Å². The number of carbonyl (C=O) groups is 2. The van der Waals surface area contributed by atoms with Crippen molar-refractivity contribution in [2.45, 2.75) is 51.5 Å². The van der Waals surface area contributed by atoms with Crippen molar-refractivity contribution < 1.29 is 23.8 Å². The molecule has 2 aliphatic rings. The molecule has 7 nitrogen and oxygen atoms in total. The highest BCUT2D eigenvalue weighted by Gasteiger charge is 2.34. The molecule has 148 valence electrons. The molecular weight excluding hydrogens is 362 g/mol. The number of hydrogen-bond donors (Lipinski definition) is 1. The van der Waals surface area contributed by atoms with Gasteiger partial charge in [-0.3, -0.25) is 4.79 Å². The molecule has 0 unspecified atom stereocenters. The van der Waals surface area contributed by atoms with Crippen LogP contribution in [-0.4, -0.2) is 41.1 Å². The van der Waals surface area contributed by atoms with E-state index in [-0.39, 0.29) is 18.1 Å². The van der Waals surface area contributed by atoms with Gasteiger partial charge >= 0.3 is 11.6 Å². The Bertz CT molecular complexity index is 1010. The lowest BCUT2D eigenvalue weighted by atomic mass is 9.90. The summed E-state index contributed by atoms with van der Waals surface area (Å²) in [4.78, 5) is 37.6. The zero-order valence-corrected chi connectivity index (χ0v) is 15.8. The van der Waals surface area contributed by atoms with Gasteiger partial charge < -0.3 is 19.2 Å². The maximum atomic E-state index is 12.6. The van der Waals surface area contributed by atoms with Crippen LogP contribution in [-0.2, 0) is 22.4 Å². The normalized spacial score (nSPS) is 18.9. The van der Waals surface area contributed by atoms with E-state index in [1.807, 2.05) is 13.0 Å². The Hall–Kier alpha value is -2.83. The molecule has 1 aromatic carbocycles. The summed E-state index contributed by atoms with van der Waals surface area (Å²) >= 11 is 0. The van der Waals surface area contributed by atoms with Crippen LogP contribution in [0, 0.1) is 6.92 Å². The number of ether oxygens (including phenoxy) is 1. The number of rotatable bonds is 4. The SMILES string of the molecule is Cc1cc(OCC(=O)N2CCC[C@H]2C(=O)O)c2c3c(c(=O)oc2c1)CCCC3. The molecular formula is C21H23NO6. The smallest absolute Gasteiger partial charge is 0.339 e. The van der Waals surface area contributed by atoms with Crippen molar-refractivity contribution in [3.8, 4) is 5.75 Å². The van der Waals surface area contributed by atoms with Gasteiger partial charge in [0, 0.05) is 12.1 Å². The molecule has 1 N–H and O–H groups in total. The van der Waals surface area contributed by atoms with E-state index in [9.17, 15) is 19.5 Å². The highest BCUT2D eigenvalue weighted by atomic mass is 16.5. The third-order valence-electron chi connectivity index (χ3n) is 5.64. The third kappa shape index (κ3) is 3.25. The summed E-state index contributed by atoms with van der Waals surface area (Å²) < 4.78 is 11.4. The molecule has 0 bridgehead atoms. The van der Waals surface area contributed by atoms with Crippen LogP contribution >= 0.6 is 0 Å². The Morgan fingerprint density at radius 3 is 2.71 bits per heavy atom. The van der Waals surface area contributed by atoms with Crippen LogP contribution < -0.4 is 10.4 Å². The number of benzene rings is 1. The number of amides is 1. The van der Waals surface area contributed by atoms with Crippen LogP contribution in [0.1, 0.15) is 42.4 Å². The lowest BCUT2D eigenvalue weighted by molar-refractivity contribution is -0.148. The Balaban J connectivity index is 1.66. The first-order chi connectivity index (χ1) is 13.5. The van der Waals surface area contributed by atoms with Crippen molar-refractivity contribution in [2.75, 3.05) is 13.2 Å². The predicted molar refractivity (Wildman–Crippen MR) is 102 cm³/mol.